The Morgan fingerprint density at radius 3 is 2.74 bits per heavy atom. The Hall–Kier alpha value is -3.71. The molecule has 0 radical (unpaired) electrons. The lowest BCUT2D eigenvalue weighted by Crippen LogP contribution is -2.15. The van der Waals surface area contributed by atoms with Gasteiger partial charge in [0.2, 0.25) is 0 Å². The van der Waals surface area contributed by atoms with Crippen molar-refractivity contribution in [2.24, 2.45) is 0 Å². The Bertz CT molecular complexity index is 1820. The number of benzene rings is 2. The van der Waals surface area contributed by atoms with Gasteiger partial charge in [0, 0.05) is 22.2 Å². The fraction of sp³-hybridized carbons (Fsp3) is 0.241. The highest BCUT2D eigenvalue weighted by Crippen LogP contribution is 2.32. The zero-order valence-electron chi connectivity index (χ0n) is 22.8. The second-order valence-electron chi connectivity index (χ2n) is 9.32. The smallest absolute Gasteiger partial charge is 0.152 e. The Morgan fingerprint density at radius 2 is 1.95 bits per heavy atom. The fourth-order valence-electron chi connectivity index (χ4n) is 3.98. The molecule has 2 aromatic carbocycles. The van der Waals surface area contributed by atoms with Crippen LogP contribution in [0.15, 0.2) is 66.4 Å². The minimum Gasteiger partial charge on any atom is -0.487 e. The van der Waals surface area contributed by atoms with E-state index in [0.717, 1.165) is 10.4 Å². The van der Waals surface area contributed by atoms with E-state index in [4.69, 9.17) is 21.1 Å². The molecule has 1 unspecified atom stereocenters. The number of anilines is 2. The third kappa shape index (κ3) is 7.37. The Kier molecular flexibility index (Phi) is 9.27. The first-order chi connectivity index (χ1) is 20.2. The van der Waals surface area contributed by atoms with Crippen LogP contribution in [-0.2, 0) is 21.2 Å². The zero-order chi connectivity index (χ0) is 29.7. The van der Waals surface area contributed by atoms with E-state index in [-0.39, 0.29) is 36.6 Å². The molecule has 9 nitrogen and oxygen atoms in total. The molecule has 0 saturated carbocycles. The number of halogens is 2. The molecule has 0 aliphatic rings. The number of nitrogens with one attached hydrogen (secondary N) is 1. The SMILES string of the molecule is CCS(=O)(=O)CCOC(C)c1nc(-c2cc3c(Nc4ccc(OCc5cccc(F)c5)c(Cl)c4)ncnc3cn2)cs1. The van der Waals surface area contributed by atoms with Crippen molar-refractivity contribution in [1.29, 1.82) is 0 Å². The van der Waals surface area contributed by atoms with Gasteiger partial charge in [-0.25, -0.2) is 27.8 Å². The maximum atomic E-state index is 13.5. The number of hydrogen-bond donors (Lipinski definition) is 1. The summed E-state index contributed by atoms with van der Waals surface area (Å²) >= 11 is 7.89. The Balaban J connectivity index is 1.30. The number of pyridine rings is 1. The average molecular weight is 628 g/mol. The van der Waals surface area contributed by atoms with Gasteiger partial charge in [-0.1, -0.05) is 30.7 Å². The number of nitrogens with zero attached hydrogens (tertiary/aromatic N) is 4. The van der Waals surface area contributed by atoms with Crippen LogP contribution in [0.3, 0.4) is 0 Å². The van der Waals surface area contributed by atoms with Gasteiger partial charge >= 0.3 is 0 Å². The lowest BCUT2D eigenvalue weighted by atomic mass is 10.2. The van der Waals surface area contributed by atoms with Crippen molar-refractivity contribution < 1.29 is 22.3 Å². The molecule has 0 spiro atoms. The normalized spacial score (nSPS) is 12.4. The van der Waals surface area contributed by atoms with Gasteiger partial charge in [-0.2, -0.15) is 0 Å². The molecule has 42 heavy (non-hydrogen) atoms. The highest BCUT2D eigenvalue weighted by molar-refractivity contribution is 7.91. The molecule has 0 aliphatic heterocycles. The van der Waals surface area contributed by atoms with Crippen molar-refractivity contribution in [3.8, 4) is 17.1 Å². The van der Waals surface area contributed by atoms with Crippen LogP contribution < -0.4 is 10.1 Å². The highest BCUT2D eigenvalue weighted by atomic mass is 35.5. The van der Waals surface area contributed by atoms with Crippen molar-refractivity contribution in [3.05, 3.63) is 87.8 Å². The first kappa shape index (κ1) is 29.8. The number of thiazole rings is 1. The van der Waals surface area contributed by atoms with Gasteiger partial charge < -0.3 is 14.8 Å². The summed E-state index contributed by atoms with van der Waals surface area (Å²) in [6.45, 7) is 3.75. The molecule has 0 fully saturated rings. The van der Waals surface area contributed by atoms with Gasteiger partial charge in [0.1, 0.15) is 41.4 Å². The van der Waals surface area contributed by atoms with Crippen LogP contribution in [0.2, 0.25) is 5.02 Å². The first-order valence-electron chi connectivity index (χ1n) is 13.0. The molecule has 3 aromatic heterocycles. The highest BCUT2D eigenvalue weighted by Gasteiger charge is 2.16. The maximum Gasteiger partial charge on any atom is 0.152 e. The molecule has 0 bridgehead atoms. The number of rotatable bonds is 12. The van der Waals surface area contributed by atoms with E-state index >= 15 is 0 Å². The fourth-order valence-corrected chi connectivity index (χ4v) is 5.67. The van der Waals surface area contributed by atoms with E-state index in [2.05, 4.69) is 25.3 Å². The molecular weight excluding hydrogens is 601 g/mol. The number of aromatic nitrogens is 4. The quantitative estimate of drug-likeness (QED) is 0.160. The van der Waals surface area contributed by atoms with Gasteiger partial charge in [0.25, 0.3) is 0 Å². The Morgan fingerprint density at radius 1 is 1.10 bits per heavy atom. The summed E-state index contributed by atoms with van der Waals surface area (Å²) in [5, 5.41) is 7.00. The molecule has 5 rings (SSSR count). The molecule has 5 aromatic rings. The van der Waals surface area contributed by atoms with Crippen molar-refractivity contribution in [2.75, 3.05) is 23.4 Å². The molecule has 13 heteroatoms. The lowest BCUT2D eigenvalue weighted by Gasteiger charge is -2.12. The van der Waals surface area contributed by atoms with Crippen molar-refractivity contribution in [1.82, 2.24) is 19.9 Å². The summed E-state index contributed by atoms with van der Waals surface area (Å²) in [7, 11) is -3.10. The predicted octanol–water partition coefficient (Wildman–Crippen LogP) is 6.78. The lowest BCUT2D eigenvalue weighted by molar-refractivity contribution is 0.0775. The molecule has 1 atom stereocenters. The van der Waals surface area contributed by atoms with Gasteiger partial charge in [-0.15, -0.1) is 11.3 Å². The maximum absolute atomic E-state index is 13.5. The van der Waals surface area contributed by atoms with Gasteiger partial charge in [0.15, 0.2) is 9.84 Å². The van der Waals surface area contributed by atoms with E-state index in [0.29, 0.717) is 44.7 Å². The van der Waals surface area contributed by atoms with Crippen molar-refractivity contribution in [3.63, 3.8) is 0 Å². The summed E-state index contributed by atoms with van der Waals surface area (Å²) in [4.78, 5) is 17.9. The molecule has 0 aliphatic carbocycles. The summed E-state index contributed by atoms with van der Waals surface area (Å²) in [5.74, 6) is 0.760. The first-order valence-corrected chi connectivity index (χ1v) is 16.1. The summed E-state index contributed by atoms with van der Waals surface area (Å²) < 4.78 is 48.4. The minimum atomic E-state index is -3.10. The van der Waals surface area contributed by atoms with E-state index in [1.54, 1.807) is 37.4 Å². The van der Waals surface area contributed by atoms with E-state index in [1.165, 1.54) is 29.8 Å². The molecular formula is C29H27ClFN5O4S2. The third-order valence-electron chi connectivity index (χ3n) is 6.33. The number of sulfone groups is 1. The number of fused-ring (bicyclic) bond motifs is 1. The van der Waals surface area contributed by atoms with Crippen LogP contribution in [-0.4, -0.2) is 46.5 Å². The van der Waals surface area contributed by atoms with Crippen LogP contribution in [0.5, 0.6) is 5.75 Å². The summed E-state index contributed by atoms with van der Waals surface area (Å²) in [6, 6.07) is 13.3. The van der Waals surface area contributed by atoms with Gasteiger partial charge in [-0.05, 0) is 48.9 Å². The second kappa shape index (κ2) is 13.1. The van der Waals surface area contributed by atoms with E-state index < -0.39 is 9.84 Å². The van der Waals surface area contributed by atoms with Crippen molar-refractivity contribution >= 4 is 55.2 Å². The Labute approximate surface area is 251 Å². The van der Waals surface area contributed by atoms with Crippen molar-refractivity contribution in [2.45, 2.75) is 26.6 Å². The van der Waals surface area contributed by atoms with Crippen LogP contribution in [0, 0.1) is 5.82 Å². The average Bonchev–Trinajstić information content (AvgIpc) is 3.47. The second-order valence-corrected chi connectivity index (χ2v) is 13.1. The number of ether oxygens (including phenoxy) is 2. The predicted molar refractivity (Wildman–Crippen MR) is 163 cm³/mol. The zero-order valence-corrected chi connectivity index (χ0v) is 25.1. The molecule has 218 valence electrons. The summed E-state index contributed by atoms with van der Waals surface area (Å²) in [5.41, 5.74) is 3.31. The molecule has 1 N–H and O–H groups in total. The standard InChI is InChI=1S/C29H27ClFN5O4S2/c1-3-42(37,38)10-9-39-18(2)29-36-26(16-41-29)24-13-22-25(14-32-24)33-17-34-28(22)35-21-7-8-27(23(30)12-21)40-15-19-5-4-6-20(31)11-19/h4-8,11-14,16-18H,3,9-10,15H2,1-2H3,(H,33,34,35). The molecule has 0 amide bonds. The van der Waals surface area contributed by atoms with E-state index in [1.807, 2.05) is 24.4 Å². The molecule has 0 saturated heterocycles. The molecule has 3 heterocycles. The largest absolute Gasteiger partial charge is 0.487 e. The third-order valence-corrected chi connectivity index (χ3v) is 9.30. The van der Waals surface area contributed by atoms with Crippen LogP contribution in [0.4, 0.5) is 15.9 Å². The monoisotopic (exact) mass is 627 g/mol. The van der Waals surface area contributed by atoms with Crippen LogP contribution in [0.1, 0.15) is 30.5 Å². The van der Waals surface area contributed by atoms with Gasteiger partial charge in [-0.3, -0.25) is 4.98 Å². The summed E-state index contributed by atoms with van der Waals surface area (Å²) in [6.07, 6.45) is 2.74. The number of hydrogen-bond acceptors (Lipinski definition) is 10. The van der Waals surface area contributed by atoms with E-state index in [9.17, 15) is 12.8 Å². The minimum absolute atomic E-state index is 0.0239. The van der Waals surface area contributed by atoms with Crippen LogP contribution >= 0.6 is 22.9 Å². The van der Waals surface area contributed by atoms with Gasteiger partial charge in [0.05, 0.1) is 40.5 Å². The topological polar surface area (TPSA) is 116 Å². The van der Waals surface area contributed by atoms with Crippen LogP contribution in [0.25, 0.3) is 22.3 Å².